The highest BCUT2D eigenvalue weighted by Crippen LogP contribution is 2.26. The van der Waals surface area contributed by atoms with Crippen molar-refractivity contribution in [1.29, 1.82) is 0 Å². The van der Waals surface area contributed by atoms with Gasteiger partial charge >= 0.3 is 6.03 Å². The van der Waals surface area contributed by atoms with Crippen molar-refractivity contribution in [2.45, 2.75) is 52.1 Å². The number of methoxy groups -OCH3 is 1. The number of hydrogen-bond donors (Lipinski definition) is 2. The molecule has 1 aliphatic rings. The fourth-order valence-corrected chi connectivity index (χ4v) is 4.27. The molecule has 1 heterocycles. The molecule has 1 fully saturated rings. The number of carbonyl (C=O) groups excluding carboxylic acids is 2. The molecule has 2 aromatic carbocycles. The van der Waals surface area contributed by atoms with Gasteiger partial charge in [0, 0.05) is 50.0 Å². The molecule has 2 N–H and O–H groups in total. The number of benzene rings is 2. The largest absolute Gasteiger partial charge is 0.497 e. The summed E-state index contributed by atoms with van der Waals surface area (Å²) in [5.41, 5.74) is 1.65. The standard InChI is InChI=1S/C27H38N4O4/c1-20(2)28-27(33)31(23-8-12-25(34-4)13-9-23)24-14-17-30(18-15-24)16-5-19-35-26-10-6-22(7-11-26)29-21(3)32/h6-13,20,24H,5,14-19H2,1-4H3,(H,28,33)(H,29,32). The zero-order chi connectivity index (χ0) is 25.2. The van der Waals surface area contributed by atoms with Crippen molar-refractivity contribution in [1.82, 2.24) is 10.2 Å². The summed E-state index contributed by atoms with van der Waals surface area (Å²) in [6, 6.07) is 15.3. The smallest absolute Gasteiger partial charge is 0.322 e. The average Bonchev–Trinajstić information content (AvgIpc) is 2.83. The van der Waals surface area contributed by atoms with Crippen LogP contribution in [0.25, 0.3) is 0 Å². The Kier molecular flexibility index (Phi) is 9.78. The maximum atomic E-state index is 13.0. The summed E-state index contributed by atoms with van der Waals surface area (Å²) < 4.78 is 11.1. The van der Waals surface area contributed by atoms with Crippen LogP contribution in [0, 0.1) is 0 Å². The van der Waals surface area contributed by atoms with Crippen molar-refractivity contribution in [3.63, 3.8) is 0 Å². The Balaban J connectivity index is 1.47. The van der Waals surface area contributed by atoms with Crippen LogP contribution >= 0.6 is 0 Å². The molecule has 0 atom stereocenters. The fourth-order valence-electron chi connectivity index (χ4n) is 4.27. The van der Waals surface area contributed by atoms with Gasteiger partial charge in [0.25, 0.3) is 0 Å². The number of likely N-dealkylation sites (tertiary alicyclic amines) is 1. The normalized spacial score (nSPS) is 14.4. The molecule has 0 aromatic heterocycles. The van der Waals surface area contributed by atoms with Crippen molar-refractivity contribution in [3.8, 4) is 11.5 Å². The second kappa shape index (κ2) is 13.0. The molecule has 0 saturated carbocycles. The molecular weight excluding hydrogens is 444 g/mol. The third-order valence-electron chi connectivity index (χ3n) is 5.97. The van der Waals surface area contributed by atoms with E-state index in [4.69, 9.17) is 9.47 Å². The zero-order valence-corrected chi connectivity index (χ0v) is 21.3. The van der Waals surface area contributed by atoms with E-state index in [0.717, 1.165) is 61.8 Å². The van der Waals surface area contributed by atoms with E-state index in [1.54, 1.807) is 7.11 Å². The SMILES string of the molecule is COc1ccc(N(C(=O)NC(C)C)C2CCN(CCCOc3ccc(NC(C)=O)cc3)CC2)cc1. The quantitative estimate of drug-likeness (QED) is 0.487. The summed E-state index contributed by atoms with van der Waals surface area (Å²) in [7, 11) is 1.64. The Hall–Kier alpha value is -3.26. The first-order chi connectivity index (χ1) is 16.9. The molecule has 1 aliphatic heterocycles. The molecule has 8 nitrogen and oxygen atoms in total. The number of rotatable bonds is 10. The van der Waals surface area contributed by atoms with Gasteiger partial charge in [0.2, 0.25) is 5.91 Å². The van der Waals surface area contributed by atoms with Gasteiger partial charge in [-0.1, -0.05) is 0 Å². The van der Waals surface area contributed by atoms with E-state index in [0.29, 0.717) is 6.61 Å². The molecule has 35 heavy (non-hydrogen) atoms. The van der Waals surface area contributed by atoms with Gasteiger partial charge in [0.05, 0.1) is 13.7 Å². The molecule has 0 aliphatic carbocycles. The van der Waals surface area contributed by atoms with Crippen molar-refractivity contribution in [2.75, 3.05) is 43.6 Å². The summed E-state index contributed by atoms with van der Waals surface area (Å²) >= 11 is 0. The summed E-state index contributed by atoms with van der Waals surface area (Å²) in [5.74, 6) is 1.48. The van der Waals surface area contributed by atoms with E-state index in [-0.39, 0.29) is 24.0 Å². The highest BCUT2D eigenvalue weighted by atomic mass is 16.5. The number of urea groups is 1. The molecule has 1 saturated heterocycles. The Morgan fingerprint density at radius 1 is 1.03 bits per heavy atom. The van der Waals surface area contributed by atoms with Crippen LogP contribution in [0.1, 0.15) is 40.0 Å². The molecule has 0 unspecified atom stereocenters. The van der Waals surface area contributed by atoms with E-state index in [1.165, 1.54) is 6.92 Å². The monoisotopic (exact) mass is 482 g/mol. The van der Waals surface area contributed by atoms with Crippen LogP contribution in [-0.2, 0) is 4.79 Å². The van der Waals surface area contributed by atoms with Crippen molar-refractivity contribution in [2.24, 2.45) is 0 Å². The van der Waals surface area contributed by atoms with Crippen LogP contribution in [0.4, 0.5) is 16.2 Å². The number of nitrogens with zero attached hydrogens (tertiary/aromatic N) is 2. The molecule has 0 spiro atoms. The molecule has 2 aromatic rings. The lowest BCUT2D eigenvalue weighted by Gasteiger charge is -2.39. The Bertz CT molecular complexity index is 939. The topological polar surface area (TPSA) is 83.1 Å². The molecule has 8 heteroatoms. The lowest BCUT2D eigenvalue weighted by molar-refractivity contribution is -0.114. The average molecular weight is 483 g/mol. The van der Waals surface area contributed by atoms with Gasteiger partial charge in [-0.3, -0.25) is 9.69 Å². The number of piperidine rings is 1. The van der Waals surface area contributed by atoms with Crippen LogP contribution in [-0.4, -0.2) is 62.3 Å². The van der Waals surface area contributed by atoms with Gasteiger partial charge in [0.1, 0.15) is 11.5 Å². The van der Waals surface area contributed by atoms with E-state index in [9.17, 15) is 9.59 Å². The highest BCUT2D eigenvalue weighted by Gasteiger charge is 2.29. The van der Waals surface area contributed by atoms with Crippen molar-refractivity contribution < 1.29 is 19.1 Å². The lowest BCUT2D eigenvalue weighted by atomic mass is 10.0. The van der Waals surface area contributed by atoms with Crippen LogP contribution < -0.4 is 25.0 Å². The second-order valence-corrected chi connectivity index (χ2v) is 9.15. The summed E-state index contributed by atoms with van der Waals surface area (Å²) in [6.45, 7) is 8.92. The molecular formula is C27H38N4O4. The minimum atomic E-state index is -0.0879. The number of hydrogen-bond acceptors (Lipinski definition) is 5. The predicted molar refractivity (Wildman–Crippen MR) is 139 cm³/mol. The third-order valence-corrected chi connectivity index (χ3v) is 5.97. The van der Waals surface area contributed by atoms with Gasteiger partial charge in [0.15, 0.2) is 0 Å². The Labute approximate surface area is 208 Å². The minimum Gasteiger partial charge on any atom is -0.497 e. The molecule has 3 rings (SSSR count). The second-order valence-electron chi connectivity index (χ2n) is 9.15. The molecule has 3 amide bonds. The highest BCUT2D eigenvalue weighted by molar-refractivity contribution is 5.93. The predicted octanol–water partition coefficient (Wildman–Crippen LogP) is 4.51. The molecule has 0 radical (unpaired) electrons. The minimum absolute atomic E-state index is 0.0541. The summed E-state index contributed by atoms with van der Waals surface area (Å²) in [5, 5.41) is 5.80. The number of amides is 3. The van der Waals surface area contributed by atoms with Crippen LogP contribution in [0.5, 0.6) is 11.5 Å². The first-order valence-electron chi connectivity index (χ1n) is 12.3. The van der Waals surface area contributed by atoms with E-state index < -0.39 is 0 Å². The van der Waals surface area contributed by atoms with Crippen molar-refractivity contribution >= 4 is 23.3 Å². The van der Waals surface area contributed by atoms with Gasteiger partial charge in [-0.2, -0.15) is 0 Å². The van der Waals surface area contributed by atoms with Gasteiger partial charge in [-0.05, 0) is 81.6 Å². The number of nitrogens with one attached hydrogen (secondary N) is 2. The van der Waals surface area contributed by atoms with E-state index in [2.05, 4.69) is 15.5 Å². The Morgan fingerprint density at radius 3 is 2.23 bits per heavy atom. The molecule has 190 valence electrons. The Morgan fingerprint density at radius 2 is 1.66 bits per heavy atom. The van der Waals surface area contributed by atoms with Gasteiger partial charge in [-0.25, -0.2) is 4.79 Å². The van der Waals surface area contributed by atoms with E-state index in [1.807, 2.05) is 67.3 Å². The maximum Gasteiger partial charge on any atom is 0.322 e. The number of carbonyl (C=O) groups is 2. The van der Waals surface area contributed by atoms with E-state index >= 15 is 0 Å². The zero-order valence-electron chi connectivity index (χ0n) is 21.3. The number of ether oxygens (including phenoxy) is 2. The summed E-state index contributed by atoms with van der Waals surface area (Å²) in [4.78, 5) is 28.5. The van der Waals surface area contributed by atoms with Crippen molar-refractivity contribution in [3.05, 3.63) is 48.5 Å². The summed E-state index contributed by atoms with van der Waals surface area (Å²) in [6.07, 6.45) is 2.76. The fraction of sp³-hybridized carbons (Fsp3) is 0.481. The van der Waals surface area contributed by atoms with Gasteiger partial charge < -0.3 is 25.0 Å². The first-order valence-corrected chi connectivity index (χ1v) is 12.3. The van der Waals surface area contributed by atoms with Crippen LogP contribution in [0.3, 0.4) is 0 Å². The number of anilines is 2. The third kappa shape index (κ3) is 8.17. The van der Waals surface area contributed by atoms with Crippen LogP contribution in [0.15, 0.2) is 48.5 Å². The first kappa shape index (κ1) is 26.3. The maximum absolute atomic E-state index is 13.0. The molecule has 0 bridgehead atoms. The van der Waals surface area contributed by atoms with Crippen LogP contribution in [0.2, 0.25) is 0 Å². The van der Waals surface area contributed by atoms with Gasteiger partial charge in [-0.15, -0.1) is 0 Å². The lowest BCUT2D eigenvalue weighted by Crippen LogP contribution is -2.52.